The van der Waals surface area contributed by atoms with Crippen molar-refractivity contribution in [3.05, 3.63) is 33.9 Å². The van der Waals surface area contributed by atoms with Gasteiger partial charge in [0, 0.05) is 17.1 Å². The van der Waals surface area contributed by atoms with Gasteiger partial charge in [-0.05, 0) is 24.3 Å². The number of para-hydroxylation sites is 1. The molecule has 0 spiro atoms. The SMILES string of the molecule is CC1CCCC(SCc2cccc([N+](=O)[O-])c2NN)C1. The van der Waals surface area contributed by atoms with Gasteiger partial charge in [-0.2, -0.15) is 11.8 Å². The maximum Gasteiger partial charge on any atom is 0.293 e. The predicted molar refractivity (Wildman–Crippen MR) is 83.6 cm³/mol. The van der Waals surface area contributed by atoms with Gasteiger partial charge in [-0.25, -0.2) is 0 Å². The number of nitrogen functional groups attached to an aromatic ring is 1. The molecule has 0 radical (unpaired) electrons. The number of nitrogens with zero attached hydrogens (tertiary/aromatic N) is 1. The van der Waals surface area contributed by atoms with Crippen LogP contribution in [-0.2, 0) is 5.75 Å². The molecule has 1 saturated carbocycles. The van der Waals surface area contributed by atoms with E-state index in [4.69, 9.17) is 5.84 Å². The van der Waals surface area contributed by atoms with E-state index < -0.39 is 4.92 Å². The lowest BCUT2D eigenvalue weighted by Gasteiger charge is -2.26. The van der Waals surface area contributed by atoms with Crippen molar-refractivity contribution in [2.75, 3.05) is 5.43 Å². The summed E-state index contributed by atoms with van der Waals surface area (Å²) >= 11 is 1.89. The molecule has 0 aromatic heterocycles. The molecule has 2 rings (SSSR count). The van der Waals surface area contributed by atoms with Crippen LogP contribution in [-0.4, -0.2) is 10.2 Å². The van der Waals surface area contributed by atoms with Crippen LogP contribution < -0.4 is 11.3 Å². The van der Waals surface area contributed by atoms with Crippen LogP contribution in [0.15, 0.2) is 18.2 Å². The second-order valence-corrected chi connectivity index (χ2v) is 6.71. The number of hydrogen-bond donors (Lipinski definition) is 2. The summed E-state index contributed by atoms with van der Waals surface area (Å²) in [5.74, 6) is 7.01. The maximum absolute atomic E-state index is 11.0. The fourth-order valence-electron chi connectivity index (χ4n) is 2.76. The summed E-state index contributed by atoms with van der Waals surface area (Å²) in [6.45, 7) is 2.30. The highest BCUT2D eigenvalue weighted by molar-refractivity contribution is 7.99. The number of nitro benzene ring substituents is 1. The molecule has 0 aliphatic heterocycles. The Balaban J connectivity index is 2.05. The zero-order chi connectivity index (χ0) is 14.5. The molecular weight excluding hydrogens is 274 g/mol. The largest absolute Gasteiger partial charge is 0.318 e. The van der Waals surface area contributed by atoms with Gasteiger partial charge in [0.15, 0.2) is 0 Å². The molecule has 3 N–H and O–H groups in total. The van der Waals surface area contributed by atoms with E-state index in [0.29, 0.717) is 10.9 Å². The van der Waals surface area contributed by atoms with Crippen molar-refractivity contribution < 1.29 is 4.92 Å². The highest BCUT2D eigenvalue weighted by Crippen LogP contribution is 2.36. The molecule has 1 aliphatic carbocycles. The number of nitrogens with two attached hydrogens (primary N) is 1. The van der Waals surface area contributed by atoms with Crippen molar-refractivity contribution in [1.29, 1.82) is 0 Å². The molecule has 6 heteroatoms. The molecule has 1 aromatic carbocycles. The van der Waals surface area contributed by atoms with E-state index in [-0.39, 0.29) is 5.69 Å². The highest BCUT2D eigenvalue weighted by Gasteiger charge is 2.21. The van der Waals surface area contributed by atoms with Gasteiger partial charge in [0.25, 0.3) is 5.69 Å². The number of hydrazine groups is 1. The lowest BCUT2D eigenvalue weighted by atomic mass is 9.91. The Morgan fingerprint density at radius 1 is 1.50 bits per heavy atom. The van der Waals surface area contributed by atoms with Crippen LogP contribution in [0, 0.1) is 16.0 Å². The quantitative estimate of drug-likeness (QED) is 0.492. The predicted octanol–water partition coefficient (Wildman–Crippen LogP) is 3.69. The van der Waals surface area contributed by atoms with Gasteiger partial charge in [0.1, 0.15) is 5.69 Å². The average Bonchev–Trinajstić information content (AvgIpc) is 2.44. The number of nitrogens with one attached hydrogen (secondary N) is 1. The minimum atomic E-state index is -0.397. The minimum Gasteiger partial charge on any atom is -0.318 e. The van der Waals surface area contributed by atoms with Crippen LogP contribution in [0.3, 0.4) is 0 Å². The van der Waals surface area contributed by atoms with Crippen LogP contribution in [0.2, 0.25) is 0 Å². The molecule has 0 amide bonds. The summed E-state index contributed by atoms with van der Waals surface area (Å²) in [5, 5.41) is 11.6. The molecule has 0 saturated heterocycles. The van der Waals surface area contributed by atoms with Crippen LogP contribution in [0.4, 0.5) is 11.4 Å². The Kier molecular flexibility index (Phi) is 5.25. The van der Waals surface area contributed by atoms with Gasteiger partial charge in [0.05, 0.1) is 4.92 Å². The fraction of sp³-hybridized carbons (Fsp3) is 0.571. The van der Waals surface area contributed by atoms with Gasteiger partial charge in [-0.3, -0.25) is 16.0 Å². The molecule has 1 fully saturated rings. The Bertz CT molecular complexity index is 481. The van der Waals surface area contributed by atoms with Crippen LogP contribution in [0.5, 0.6) is 0 Å². The first-order valence-corrected chi connectivity index (χ1v) is 8.01. The lowest BCUT2D eigenvalue weighted by molar-refractivity contribution is -0.384. The van der Waals surface area contributed by atoms with Gasteiger partial charge < -0.3 is 5.43 Å². The fourth-order valence-corrected chi connectivity index (χ4v) is 4.22. The molecule has 20 heavy (non-hydrogen) atoms. The number of nitro groups is 1. The standard InChI is InChI=1S/C14H21N3O2S/c1-10-4-2-6-12(8-10)20-9-11-5-3-7-13(17(18)19)14(11)16-15/h3,5,7,10,12,16H,2,4,6,8-9,15H2,1H3. The lowest BCUT2D eigenvalue weighted by Crippen LogP contribution is -2.16. The van der Waals surface area contributed by atoms with E-state index in [2.05, 4.69) is 12.3 Å². The van der Waals surface area contributed by atoms with Crippen molar-refractivity contribution in [1.82, 2.24) is 0 Å². The topological polar surface area (TPSA) is 81.2 Å². The Morgan fingerprint density at radius 3 is 2.95 bits per heavy atom. The molecule has 0 heterocycles. The normalized spacial score (nSPS) is 22.5. The monoisotopic (exact) mass is 295 g/mol. The maximum atomic E-state index is 11.0. The van der Waals surface area contributed by atoms with Crippen molar-refractivity contribution >= 4 is 23.1 Å². The van der Waals surface area contributed by atoms with Crippen molar-refractivity contribution in [2.24, 2.45) is 11.8 Å². The average molecular weight is 295 g/mol. The smallest absolute Gasteiger partial charge is 0.293 e. The van der Waals surface area contributed by atoms with Gasteiger partial charge in [-0.1, -0.05) is 31.9 Å². The molecule has 2 unspecified atom stereocenters. The summed E-state index contributed by atoms with van der Waals surface area (Å²) in [6.07, 6.45) is 5.10. The van der Waals surface area contributed by atoms with Crippen molar-refractivity contribution in [3.8, 4) is 0 Å². The van der Waals surface area contributed by atoms with Crippen molar-refractivity contribution in [2.45, 2.75) is 43.6 Å². The third-order valence-corrected chi connectivity index (χ3v) is 5.21. The molecule has 0 bridgehead atoms. The van der Waals surface area contributed by atoms with Crippen molar-refractivity contribution in [3.63, 3.8) is 0 Å². The number of hydrogen-bond acceptors (Lipinski definition) is 5. The Hall–Kier alpha value is -1.27. The summed E-state index contributed by atoms with van der Waals surface area (Å²) in [4.78, 5) is 10.6. The van der Waals surface area contributed by atoms with Crippen LogP contribution in [0.1, 0.15) is 38.2 Å². The first-order valence-electron chi connectivity index (χ1n) is 6.96. The number of benzene rings is 1. The van der Waals surface area contributed by atoms with Gasteiger partial charge in [-0.15, -0.1) is 0 Å². The summed E-state index contributed by atoms with van der Waals surface area (Å²) < 4.78 is 0. The second-order valence-electron chi connectivity index (χ2n) is 5.42. The molecule has 2 atom stereocenters. The minimum absolute atomic E-state index is 0.0441. The molecule has 1 aromatic rings. The van der Waals surface area contributed by atoms with E-state index in [1.54, 1.807) is 6.07 Å². The summed E-state index contributed by atoms with van der Waals surface area (Å²) in [7, 11) is 0. The number of anilines is 1. The van der Waals surface area contributed by atoms with Gasteiger partial charge >= 0.3 is 0 Å². The first kappa shape index (κ1) is 15.1. The second kappa shape index (κ2) is 6.95. The zero-order valence-electron chi connectivity index (χ0n) is 11.7. The third-order valence-electron chi connectivity index (χ3n) is 3.83. The summed E-state index contributed by atoms with van der Waals surface area (Å²) in [6, 6.07) is 5.10. The highest BCUT2D eigenvalue weighted by atomic mass is 32.2. The molecule has 1 aliphatic rings. The number of rotatable bonds is 5. The van der Waals surface area contributed by atoms with Crippen LogP contribution in [0.25, 0.3) is 0 Å². The third kappa shape index (κ3) is 3.64. The van der Waals surface area contributed by atoms with E-state index in [0.717, 1.165) is 17.2 Å². The first-order chi connectivity index (χ1) is 9.61. The zero-order valence-corrected chi connectivity index (χ0v) is 12.5. The molecule has 5 nitrogen and oxygen atoms in total. The molecular formula is C14H21N3O2S. The Labute approximate surface area is 123 Å². The van der Waals surface area contributed by atoms with Crippen LogP contribution >= 0.6 is 11.8 Å². The van der Waals surface area contributed by atoms with Gasteiger partial charge in [0.2, 0.25) is 0 Å². The molecule has 110 valence electrons. The van der Waals surface area contributed by atoms with E-state index in [9.17, 15) is 10.1 Å². The Morgan fingerprint density at radius 2 is 2.30 bits per heavy atom. The van der Waals surface area contributed by atoms with E-state index in [1.165, 1.54) is 31.7 Å². The van der Waals surface area contributed by atoms with E-state index in [1.807, 2.05) is 17.8 Å². The summed E-state index contributed by atoms with van der Waals surface area (Å²) in [5.41, 5.74) is 3.88. The number of thioether (sulfide) groups is 1. The van der Waals surface area contributed by atoms with E-state index >= 15 is 0 Å².